The lowest BCUT2D eigenvalue weighted by Gasteiger charge is -2.19. The third-order valence-electron chi connectivity index (χ3n) is 3.41. The SMILES string of the molecule is Cn1ccnc1[C@@H](NC(=O)NCCCC(N)=O)c1ccccc1. The number of carbonyl (C=O) groups is 2. The number of nitrogens with one attached hydrogen (secondary N) is 2. The summed E-state index contributed by atoms with van der Waals surface area (Å²) >= 11 is 0. The van der Waals surface area contributed by atoms with Crippen molar-refractivity contribution in [2.24, 2.45) is 12.8 Å². The number of aromatic nitrogens is 2. The maximum Gasteiger partial charge on any atom is 0.315 e. The minimum absolute atomic E-state index is 0.252. The Morgan fingerprint density at radius 1 is 1.30 bits per heavy atom. The number of aryl methyl sites for hydroxylation is 1. The van der Waals surface area contributed by atoms with Gasteiger partial charge >= 0.3 is 6.03 Å². The van der Waals surface area contributed by atoms with E-state index in [1.165, 1.54) is 0 Å². The van der Waals surface area contributed by atoms with E-state index in [1.807, 2.05) is 48.1 Å². The van der Waals surface area contributed by atoms with Gasteiger partial charge in [-0.2, -0.15) is 0 Å². The van der Waals surface area contributed by atoms with E-state index in [0.29, 0.717) is 13.0 Å². The molecule has 7 heteroatoms. The van der Waals surface area contributed by atoms with Gasteiger partial charge in [0.15, 0.2) is 0 Å². The summed E-state index contributed by atoms with van der Waals surface area (Å²) in [5, 5.41) is 5.64. The van der Waals surface area contributed by atoms with Gasteiger partial charge in [0, 0.05) is 32.4 Å². The number of hydrogen-bond acceptors (Lipinski definition) is 3. The molecule has 1 atom stereocenters. The zero-order valence-electron chi connectivity index (χ0n) is 13.0. The Bertz CT molecular complexity index is 654. The zero-order chi connectivity index (χ0) is 16.7. The first-order chi connectivity index (χ1) is 11.1. The number of rotatable bonds is 7. The van der Waals surface area contributed by atoms with Crippen LogP contribution in [0.1, 0.15) is 30.3 Å². The van der Waals surface area contributed by atoms with Gasteiger partial charge in [-0.15, -0.1) is 0 Å². The standard InChI is InChI=1S/C16H21N5O2/c1-21-11-10-18-15(21)14(12-6-3-2-4-7-12)20-16(23)19-9-5-8-13(17)22/h2-4,6-7,10-11,14H,5,8-9H2,1H3,(H2,17,22)(H2,19,20,23)/t14-/m0/s1. The predicted molar refractivity (Wildman–Crippen MR) is 86.5 cm³/mol. The molecule has 0 saturated heterocycles. The summed E-state index contributed by atoms with van der Waals surface area (Å²) in [6, 6.07) is 8.95. The van der Waals surface area contributed by atoms with Crippen molar-refractivity contribution in [3.63, 3.8) is 0 Å². The van der Waals surface area contributed by atoms with E-state index in [-0.39, 0.29) is 24.4 Å². The molecule has 0 radical (unpaired) electrons. The highest BCUT2D eigenvalue weighted by Gasteiger charge is 2.20. The Hall–Kier alpha value is -2.83. The van der Waals surface area contributed by atoms with Crippen LogP contribution in [0.25, 0.3) is 0 Å². The van der Waals surface area contributed by atoms with E-state index in [0.717, 1.165) is 11.4 Å². The summed E-state index contributed by atoms with van der Waals surface area (Å²) in [5.41, 5.74) is 6.01. The van der Waals surface area contributed by atoms with Gasteiger partial charge in [0.2, 0.25) is 5.91 Å². The van der Waals surface area contributed by atoms with Crippen LogP contribution < -0.4 is 16.4 Å². The molecule has 0 saturated carbocycles. The molecule has 0 bridgehead atoms. The summed E-state index contributed by atoms with van der Waals surface area (Å²) in [6.07, 6.45) is 4.29. The fourth-order valence-corrected chi connectivity index (χ4v) is 2.24. The maximum absolute atomic E-state index is 12.1. The third kappa shape index (κ3) is 4.84. The quantitative estimate of drug-likeness (QED) is 0.666. The monoisotopic (exact) mass is 315 g/mol. The van der Waals surface area contributed by atoms with Crippen LogP contribution in [0, 0.1) is 0 Å². The Kier molecular flexibility index (Phi) is 5.74. The molecule has 0 aliphatic heterocycles. The number of benzene rings is 1. The van der Waals surface area contributed by atoms with Crippen molar-refractivity contribution in [1.29, 1.82) is 0 Å². The maximum atomic E-state index is 12.1. The minimum Gasteiger partial charge on any atom is -0.370 e. The number of hydrogen-bond donors (Lipinski definition) is 3. The van der Waals surface area contributed by atoms with Crippen LogP contribution in [0.3, 0.4) is 0 Å². The normalized spacial score (nSPS) is 11.7. The summed E-state index contributed by atoms with van der Waals surface area (Å²) in [7, 11) is 1.88. The lowest BCUT2D eigenvalue weighted by Crippen LogP contribution is -2.39. The van der Waals surface area contributed by atoms with Gasteiger partial charge < -0.3 is 20.9 Å². The molecule has 0 spiro atoms. The summed E-state index contributed by atoms with van der Waals surface area (Å²) < 4.78 is 1.87. The van der Waals surface area contributed by atoms with Gasteiger partial charge in [-0.3, -0.25) is 4.79 Å². The van der Waals surface area contributed by atoms with E-state index < -0.39 is 0 Å². The highest BCUT2D eigenvalue weighted by Crippen LogP contribution is 2.19. The van der Waals surface area contributed by atoms with Crippen LogP contribution in [-0.2, 0) is 11.8 Å². The first kappa shape index (κ1) is 16.5. The first-order valence-electron chi connectivity index (χ1n) is 7.42. The Morgan fingerprint density at radius 3 is 2.65 bits per heavy atom. The number of urea groups is 1. The van der Waals surface area contributed by atoms with Gasteiger partial charge in [-0.05, 0) is 12.0 Å². The van der Waals surface area contributed by atoms with E-state index in [4.69, 9.17) is 5.73 Å². The number of amides is 3. The molecule has 7 nitrogen and oxygen atoms in total. The van der Waals surface area contributed by atoms with Gasteiger partial charge in [-0.1, -0.05) is 30.3 Å². The number of primary amides is 1. The molecule has 3 amide bonds. The van der Waals surface area contributed by atoms with Crippen molar-refractivity contribution in [2.75, 3.05) is 6.54 Å². The van der Waals surface area contributed by atoms with Crippen molar-refractivity contribution >= 4 is 11.9 Å². The van der Waals surface area contributed by atoms with Crippen molar-refractivity contribution in [2.45, 2.75) is 18.9 Å². The first-order valence-corrected chi connectivity index (χ1v) is 7.42. The molecule has 2 rings (SSSR count). The minimum atomic E-state index is -0.373. The van der Waals surface area contributed by atoms with E-state index in [1.54, 1.807) is 6.20 Å². The highest BCUT2D eigenvalue weighted by atomic mass is 16.2. The fourth-order valence-electron chi connectivity index (χ4n) is 2.24. The fraction of sp³-hybridized carbons (Fsp3) is 0.312. The summed E-state index contributed by atoms with van der Waals surface area (Å²) in [4.78, 5) is 27.1. The number of imidazole rings is 1. The zero-order valence-corrected chi connectivity index (χ0v) is 13.0. The van der Waals surface area contributed by atoms with Crippen LogP contribution >= 0.6 is 0 Å². The molecule has 0 fully saturated rings. The van der Waals surface area contributed by atoms with Crippen LogP contribution in [-0.4, -0.2) is 28.0 Å². The van der Waals surface area contributed by atoms with Crippen LogP contribution in [0.5, 0.6) is 0 Å². The Morgan fingerprint density at radius 2 is 2.04 bits per heavy atom. The number of nitrogens with zero attached hydrogens (tertiary/aromatic N) is 2. The largest absolute Gasteiger partial charge is 0.370 e. The van der Waals surface area contributed by atoms with Crippen molar-refractivity contribution < 1.29 is 9.59 Å². The lowest BCUT2D eigenvalue weighted by atomic mass is 10.1. The highest BCUT2D eigenvalue weighted by molar-refractivity contribution is 5.75. The van der Waals surface area contributed by atoms with Gasteiger partial charge in [-0.25, -0.2) is 9.78 Å². The summed E-state index contributed by atoms with van der Waals surface area (Å²) in [5.74, 6) is 0.367. The number of nitrogens with two attached hydrogens (primary N) is 1. The summed E-state index contributed by atoms with van der Waals surface area (Å²) in [6.45, 7) is 0.386. The molecule has 0 aliphatic carbocycles. The van der Waals surface area contributed by atoms with Crippen molar-refractivity contribution in [1.82, 2.24) is 20.2 Å². The van der Waals surface area contributed by atoms with E-state index in [9.17, 15) is 9.59 Å². The van der Waals surface area contributed by atoms with E-state index in [2.05, 4.69) is 15.6 Å². The topological polar surface area (TPSA) is 102 Å². The van der Waals surface area contributed by atoms with Crippen molar-refractivity contribution in [3.8, 4) is 0 Å². The van der Waals surface area contributed by atoms with Crippen LogP contribution in [0.15, 0.2) is 42.7 Å². The molecule has 1 aromatic heterocycles. The van der Waals surface area contributed by atoms with Gasteiger partial charge in [0.05, 0.1) is 0 Å². The lowest BCUT2D eigenvalue weighted by molar-refractivity contribution is -0.118. The molecular weight excluding hydrogens is 294 g/mol. The third-order valence-corrected chi connectivity index (χ3v) is 3.41. The van der Waals surface area contributed by atoms with Crippen LogP contribution in [0.4, 0.5) is 4.79 Å². The average molecular weight is 315 g/mol. The number of carbonyl (C=O) groups excluding carboxylic acids is 2. The Balaban J connectivity index is 2.03. The second-order valence-corrected chi connectivity index (χ2v) is 5.21. The molecule has 2 aromatic rings. The molecule has 23 heavy (non-hydrogen) atoms. The molecule has 4 N–H and O–H groups in total. The second kappa shape index (κ2) is 7.98. The predicted octanol–water partition coefficient (Wildman–Crippen LogP) is 1.07. The Labute approximate surface area is 134 Å². The van der Waals surface area contributed by atoms with Crippen molar-refractivity contribution in [3.05, 3.63) is 54.1 Å². The molecule has 1 heterocycles. The smallest absolute Gasteiger partial charge is 0.315 e. The molecule has 122 valence electrons. The molecule has 0 unspecified atom stereocenters. The second-order valence-electron chi connectivity index (χ2n) is 5.21. The molecular formula is C16H21N5O2. The van der Waals surface area contributed by atoms with Gasteiger partial charge in [0.1, 0.15) is 11.9 Å². The molecule has 1 aromatic carbocycles. The average Bonchev–Trinajstić information content (AvgIpc) is 2.96. The van der Waals surface area contributed by atoms with Gasteiger partial charge in [0.25, 0.3) is 0 Å². The van der Waals surface area contributed by atoms with E-state index >= 15 is 0 Å². The van der Waals surface area contributed by atoms with Crippen LogP contribution in [0.2, 0.25) is 0 Å². The molecule has 0 aliphatic rings.